The highest BCUT2D eigenvalue weighted by Gasteiger charge is 2.06. The largest absolute Gasteiger partial charge is 0.496 e. The molecular weight excluding hydrogens is 186 g/mol. The van der Waals surface area contributed by atoms with Crippen LogP contribution in [0.5, 0.6) is 5.75 Å². The number of nitrogens with zero attached hydrogens (tertiary/aromatic N) is 1. The summed E-state index contributed by atoms with van der Waals surface area (Å²) in [6.45, 7) is 6.16. The number of aromatic nitrogens is 1. The Labute approximate surface area is 89.9 Å². The van der Waals surface area contributed by atoms with Crippen LogP contribution in [0.2, 0.25) is 0 Å². The highest BCUT2D eigenvalue weighted by Crippen LogP contribution is 2.28. The van der Waals surface area contributed by atoms with E-state index >= 15 is 0 Å². The Bertz CT molecular complexity index is 517. The number of rotatable bonds is 1. The molecule has 0 aliphatic heterocycles. The Morgan fingerprint density at radius 2 is 1.80 bits per heavy atom. The van der Waals surface area contributed by atoms with Crippen molar-refractivity contribution in [3.05, 3.63) is 35.0 Å². The second-order valence-corrected chi connectivity index (χ2v) is 3.94. The van der Waals surface area contributed by atoms with E-state index in [1.54, 1.807) is 7.11 Å². The number of hydrogen-bond donors (Lipinski definition) is 0. The summed E-state index contributed by atoms with van der Waals surface area (Å²) in [5.41, 5.74) is 4.47. The minimum atomic E-state index is 0.907. The monoisotopic (exact) mass is 201 g/mol. The third kappa shape index (κ3) is 1.67. The number of methoxy groups -OCH3 is 1. The van der Waals surface area contributed by atoms with Gasteiger partial charge in [-0.1, -0.05) is 6.07 Å². The van der Waals surface area contributed by atoms with Crippen LogP contribution in [0.15, 0.2) is 18.2 Å². The average molecular weight is 201 g/mol. The van der Waals surface area contributed by atoms with Crippen LogP contribution in [0.25, 0.3) is 10.9 Å². The Balaban J connectivity index is 2.89. The molecule has 0 radical (unpaired) electrons. The van der Waals surface area contributed by atoms with E-state index < -0.39 is 0 Å². The number of ether oxygens (including phenoxy) is 1. The van der Waals surface area contributed by atoms with Crippen LogP contribution in [0.3, 0.4) is 0 Å². The molecule has 0 unspecified atom stereocenters. The molecule has 2 aromatic rings. The van der Waals surface area contributed by atoms with Crippen LogP contribution in [0.4, 0.5) is 0 Å². The maximum Gasteiger partial charge on any atom is 0.130 e. The fourth-order valence-corrected chi connectivity index (χ4v) is 1.94. The fraction of sp³-hybridized carbons (Fsp3) is 0.308. The molecule has 0 N–H and O–H groups in total. The van der Waals surface area contributed by atoms with Crippen LogP contribution in [0, 0.1) is 20.8 Å². The molecule has 1 heterocycles. The Morgan fingerprint density at radius 3 is 2.47 bits per heavy atom. The van der Waals surface area contributed by atoms with Gasteiger partial charge in [-0.15, -0.1) is 0 Å². The highest BCUT2D eigenvalue weighted by atomic mass is 16.5. The van der Waals surface area contributed by atoms with E-state index in [0.717, 1.165) is 22.3 Å². The van der Waals surface area contributed by atoms with E-state index in [1.165, 1.54) is 11.1 Å². The lowest BCUT2D eigenvalue weighted by Gasteiger charge is -2.09. The molecule has 15 heavy (non-hydrogen) atoms. The maximum absolute atomic E-state index is 5.38. The van der Waals surface area contributed by atoms with Crippen LogP contribution < -0.4 is 4.74 Å². The second-order valence-electron chi connectivity index (χ2n) is 3.94. The van der Waals surface area contributed by atoms with Crippen molar-refractivity contribution < 1.29 is 4.74 Å². The first-order valence-corrected chi connectivity index (χ1v) is 5.04. The standard InChI is InChI=1S/C13H15NO/c1-8-5-9(2)13-11(6-8)12(15-4)7-10(3)14-13/h5-7H,1-4H3. The highest BCUT2D eigenvalue weighted by molar-refractivity contribution is 5.88. The molecule has 2 heteroatoms. The first-order chi connectivity index (χ1) is 7.11. The topological polar surface area (TPSA) is 22.1 Å². The Kier molecular flexibility index (Phi) is 2.35. The van der Waals surface area contributed by atoms with Gasteiger partial charge in [0.1, 0.15) is 5.75 Å². The van der Waals surface area contributed by atoms with Gasteiger partial charge in [-0.3, -0.25) is 4.98 Å². The molecule has 2 rings (SSSR count). The van der Waals surface area contributed by atoms with E-state index in [-0.39, 0.29) is 0 Å². The summed E-state index contributed by atoms with van der Waals surface area (Å²) >= 11 is 0. The van der Waals surface area contributed by atoms with Gasteiger partial charge in [0.2, 0.25) is 0 Å². The van der Waals surface area contributed by atoms with Crippen molar-refractivity contribution >= 4 is 10.9 Å². The molecule has 2 nitrogen and oxygen atoms in total. The van der Waals surface area contributed by atoms with Crippen LogP contribution in [-0.4, -0.2) is 12.1 Å². The lowest BCUT2D eigenvalue weighted by atomic mass is 10.1. The van der Waals surface area contributed by atoms with Crippen molar-refractivity contribution in [2.24, 2.45) is 0 Å². The molecule has 78 valence electrons. The molecule has 0 aliphatic carbocycles. The Morgan fingerprint density at radius 1 is 1.07 bits per heavy atom. The van der Waals surface area contributed by atoms with E-state index in [1.807, 2.05) is 13.0 Å². The van der Waals surface area contributed by atoms with Crippen molar-refractivity contribution in [1.29, 1.82) is 0 Å². The minimum absolute atomic E-state index is 0.907. The number of hydrogen-bond acceptors (Lipinski definition) is 2. The molecule has 1 aromatic carbocycles. The first-order valence-electron chi connectivity index (χ1n) is 5.04. The summed E-state index contributed by atoms with van der Waals surface area (Å²) < 4.78 is 5.38. The lowest BCUT2D eigenvalue weighted by Crippen LogP contribution is -1.93. The maximum atomic E-state index is 5.38. The van der Waals surface area contributed by atoms with Gasteiger partial charge in [0, 0.05) is 17.1 Å². The second kappa shape index (κ2) is 3.54. The van der Waals surface area contributed by atoms with Gasteiger partial charge in [-0.2, -0.15) is 0 Å². The van der Waals surface area contributed by atoms with E-state index in [4.69, 9.17) is 4.74 Å². The number of fused-ring (bicyclic) bond motifs is 1. The third-order valence-corrected chi connectivity index (χ3v) is 2.56. The fourth-order valence-electron chi connectivity index (χ4n) is 1.94. The van der Waals surface area contributed by atoms with Crippen LogP contribution in [0.1, 0.15) is 16.8 Å². The van der Waals surface area contributed by atoms with Gasteiger partial charge in [0.15, 0.2) is 0 Å². The Hall–Kier alpha value is -1.57. The molecule has 0 bridgehead atoms. The van der Waals surface area contributed by atoms with Crippen molar-refractivity contribution in [2.45, 2.75) is 20.8 Å². The third-order valence-electron chi connectivity index (χ3n) is 2.56. The first kappa shape index (κ1) is 9.97. The molecule has 0 saturated heterocycles. The number of pyridine rings is 1. The minimum Gasteiger partial charge on any atom is -0.496 e. The normalized spacial score (nSPS) is 10.7. The zero-order valence-corrected chi connectivity index (χ0v) is 9.59. The quantitative estimate of drug-likeness (QED) is 0.707. The predicted molar refractivity (Wildman–Crippen MR) is 62.5 cm³/mol. The van der Waals surface area contributed by atoms with E-state index in [9.17, 15) is 0 Å². The van der Waals surface area contributed by atoms with Gasteiger partial charge in [-0.25, -0.2) is 0 Å². The SMILES string of the molecule is COc1cc(C)nc2c(C)cc(C)cc12. The molecule has 0 spiro atoms. The van der Waals surface area contributed by atoms with Gasteiger partial charge in [0.25, 0.3) is 0 Å². The van der Waals surface area contributed by atoms with Gasteiger partial charge in [-0.05, 0) is 38.0 Å². The van der Waals surface area contributed by atoms with E-state index in [0.29, 0.717) is 0 Å². The zero-order chi connectivity index (χ0) is 11.0. The van der Waals surface area contributed by atoms with Crippen molar-refractivity contribution in [3.63, 3.8) is 0 Å². The number of aryl methyl sites for hydroxylation is 3. The lowest BCUT2D eigenvalue weighted by molar-refractivity contribution is 0.419. The number of benzene rings is 1. The smallest absolute Gasteiger partial charge is 0.130 e. The van der Waals surface area contributed by atoms with Crippen molar-refractivity contribution in [3.8, 4) is 5.75 Å². The average Bonchev–Trinajstić information content (AvgIpc) is 2.18. The molecule has 0 fully saturated rings. The molecule has 0 aliphatic rings. The predicted octanol–water partition coefficient (Wildman–Crippen LogP) is 3.17. The van der Waals surface area contributed by atoms with Crippen molar-refractivity contribution in [1.82, 2.24) is 4.98 Å². The van der Waals surface area contributed by atoms with Crippen molar-refractivity contribution in [2.75, 3.05) is 7.11 Å². The summed E-state index contributed by atoms with van der Waals surface area (Å²) in [6, 6.07) is 6.24. The van der Waals surface area contributed by atoms with E-state index in [2.05, 4.69) is 31.0 Å². The van der Waals surface area contributed by atoms with Crippen LogP contribution in [-0.2, 0) is 0 Å². The summed E-state index contributed by atoms with van der Waals surface area (Å²) in [6.07, 6.45) is 0. The van der Waals surface area contributed by atoms with Gasteiger partial charge >= 0.3 is 0 Å². The molecule has 0 saturated carbocycles. The summed E-state index contributed by atoms with van der Waals surface area (Å²) in [5, 5.41) is 1.10. The summed E-state index contributed by atoms with van der Waals surface area (Å²) in [4.78, 5) is 4.54. The summed E-state index contributed by atoms with van der Waals surface area (Å²) in [7, 11) is 1.70. The van der Waals surface area contributed by atoms with Gasteiger partial charge in [0.05, 0.1) is 12.6 Å². The molecule has 1 aromatic heterocycles. The van der Waals surface area contributed by atoms with Gasteiger partial charge < -0.3 is 4.74 Å². The molecular formula is C13H15NO. The zero-order valence-electron chi connectivity index (χ0n) is 9.59. The summed E-state index contributed by atoms with van der Waals surface area (Å²) in [5.74, 6) is 0.907. The molecule has 0 amide bonds. The van der Waals surface area contributed by atoms with Crippen LogP contribution >= 0.6 is 0 Å². The molecule has 0 atom stereocenters.